The molecule has 56 valence electrons. The molecule has 2 aromatic heterocycles. The van der Waals surface area contributed by atoms with E-state index in [1.165, 1.54) is 11.3 Å². The first kappa shape index (κ1) is 6.41. The molecule has 0 N–H and O–H groups in total. The highest BCUT2D eigenvalue weighted by molar-refractivity contribution is 7.12. The average molecular weight is 168 g/mol. The van der Waals surface area contributed by atoms with E-state index in [9.17, 15) is 0 Å². The Labute approximate surface area is 66.1 Å². The molecule has 0 aliphatic heterocycles. The lowest BCUT2D eigenvalue weighted by atomic mass is 10.6. The van der Waals surface area contributed by atoms with Gasteiger partial charge in [0.1, 0.15) is 5.51 Å². The molecule has 0 fully saturated rings. The molecule has 0 aliphatic rings. The van der Waals surface area contributed by atoms with Crippen molar-refractivity contribution in [2.24, 2.45) is 0 Å². The fourth-order valence-corrected chi connectivity index (χ4v) is 1.13. The zero-order valence-corrected chi connectivity index (χ0v) is 6.50. The minimum Gasteiger partial charge on any atom is -0.339 e. The number of rotatable bonds is 1. The Morgan fingerprint density at radius 3 is 3.00 bits per heavy atom. The summed E-state index contributed by atoms with van der Waals surface area (Å²) in [5.74, 6) is 1.04. The first-order valence-electron chi connectivity index (χ1n) is 2.93. The third-order valence-electron chi connectivity index (χ3n) is 1.08. The van der Waals surface area contributed by atoms with E-state index < -0.39 is 0 Å². The van der Waals surface area contributed by atoms with Gasteiger partial charge >= 0.3 is 0 Å². The first-order chi connectivity index (χ1) is 5.36. The summed E-state index contributed by atoms with van der Waals surface area (Å²) in [6.07, 6.45) is 0. The van der Waals surface area contributed by atoms with Gasteiger partial charge in [-0.25, -0.2) is 0 Å². The van der Waals surface area contributed by atoms with Gasteiger partial charge in [-0.3, -0.25) is 0 Å². The number of aryl methyl sites for hydroxylation is 1. The van der Waals surface area contributed by atoms with Gasteiger partial charge in [0.15, 0.2) is 5.01 Å². The molecule has 0 spiro atoms. The van der Waals surface area contributed by atoms with E-state index in [-0.39, 0.29) is 0 Å². The van der Waals surface area contributed by atoms with Crippen molar-refractivity contribution in [1.82, 2.24) is 20.3 Å². The molecular formula is C5H4N4OS. The number of nitrogens with zero attached hydrogens (tertiary/aromatic N) is 4. The third kappa shape index (κ3) is 1.12. The van der Waals surface area contributed by atoms with Crippen LogP contribution in [-0.4, -0.2) is 20.3 Å². The van der Waals surface area contributed by atoms with Gasteiger partial charge in [-0.05, 0) is 0 Å². The lowest BCUT2D eigenvalue weighted by Gasteiger charge is -1.77. The van der Waals surface area contributed by atoms with Crippen LogP contribution in [0.15, 0.2) is 10.0 Å². The molecule has 0 unspecified atom stereocenters. The molecule has 2 aromatic rings. The molecule has 0 saturated carbocycles. The van der Waals surface area contributed by atoms with Crippen molar-refractivity contribution in [3.05, 3.63) is 11.4 Å². The van der Waals surface area contributed by atoms with Crippen molar-refractivity contribution in [3.8, 4) is 10.8 Å². The SMILES string of the molecule is Cc1nc(-c2nncs2)no1. The molecule has 0 aromatic carbocycles. The number of hydrogen-bond acceptors (Lipinski definition) is 6. The highest BCUT2D eigenvalue weighted by Gasteiger charge is 2.07. The van der Waals surface area contributed by atoms with E-state index in [1.54, 1.807) is 12.4 Å². The van der Waals surface area contributed by atoms with Crippen molar-refractivity contribution in [1.29, 1.82) is 0 Å². The van der Waals surface area contributed by atoms with Gasteiger partial charge in [-0.15, -0.1) is 10.2 Å². The predicted octanol–water partition coefficient (Wildman–Crippen LogP) is 0.897. The normalized spacial score (nSPS) is 10.3. The Balaban J connectivity index is 2.45. The molecule has 0 atom stereocenters. The summed E-state index contributed by atoms with van der Waals surface area (Å²) in [7, 11) is 0. The fraction of sp³-hybridized carbons (Fsp3) is 0.200. The van der Waals surface area contributed by atoms with Crippen molar-refractivity contribution >= 4 is 11.3 Å². The monoisotopic (exact) mass is 168 g/mol. The van der Waals surface area contributed by atoms with E-state index in [2.05, 4.69) is 20.3 Å². The molecule has 2 rings (SSSR count). The Kier molecular flexibility index (Phi) is 1.39. The van der Waals surface area contributed by atoms with Crippen molar-refractivity contribution in [2.45, 2.75) is 6.92 Å². The Morgan fingerprint density at radius 2 is 2.45 bits per heavy atom. The second-order valence-electron chi connectivity index (χ2n) is 1.88. The Bertz CT molecular complexity index is 341. The summed E-state index contributed by atoms with van der Waals surface area (Å²) in [4.78, 5) is 3.98. The quantitative estimate of drug-likeness (QED) is 0.632. The molecule has 2 heterocycles. The van der Waals surface area contributed by atoms with E-state index in [0.717, 1.165) is 0 Å². The van der Waals surface area contributed by atoms with Gasteiger partial charge in [0, 0.05) is 6.92 Å². The molecule has 0 aliphatic carbocycles. The van der Waals surface area contributed by atoms with Crippen LogP contribution >= 0.6 is 11.3 Å². The van der Waals surface area contributed by atoms with Crippen molar-refractivity contribution < 1.29 is 4.52 Å². The van der Waals surface area contributed by atoms with Gasteiger partial charge in [-0.1, -0.05) is 16.5 Å². The van der Waals surface area contributed by atoms with Crippen LogP contribution in [0.2, 0.25) is 0 Å². The molecule has 0 saturated heterocycles. The molecule has 0 bridgehead atoms. The zero-order valence-electron chi connectivity index (χ0n) is 5.68. The van der Waals surface area contributed by atoms with E-state index in [4.69, 9.17) is 4.52 Å². The Morgan fingerprint density at radius 1 is 1.55 bits per heavy atom. The smallest absolute Gasteiger partial charge is 0.233 e. The van der Waals surface area contributed by atoms with Crippen LogP contribution < -0.4 is 0 Å². The standard InChI is InChI=1S/C5H4N4OS/c1-3-7-4(9-10-3)5-8-6-2-11-5/h2H,1H3. The molecule has 6 heteroatoms. The highest BCUT2D eigenvalue weighted by Crippen LogP contribution is 2.15. The van der Waals surface area contributed by atoms with Gasteiger partial charge in [-0.2, -0.15) is 4.98 Å². The minimum absolute atomic E-state index is 0.505. The molecule has 0 amide bonds. The molecular weight excluding hydrogens is 164 g/mol. The van der Waals surface area contributed by atoms with E-state index in [0.29, 0.717) is 16.7 Å². The largest absolute Gasteiger partial charge is 0.339 e. The average Bonchev–Trinajstić information content (AvgIpc) is 2.55. The van der Waals surface area contributed by atoms with Crippen LogP contribution in [0, 0.1) is 6.92 Å². The first-order valence-corrected chi connectivity index (χ1v) is 3.81. The van der Waals surface area contributed by atoms with Crippen molar-refractivity contribution in [2.75, 3.05) is 0 Å². The highest BCUT2D eigenvalue weighted by atomic mass is 32.1. The Hall–Kier alpha value is -1.30. The predicted molar refractivity (Wildman–Crippen MR) is 37.9 cm³/mol. The summed E-state index contributed by atoms with van der Waals surface area (Å²) in [5.41, 5.74) is 1.63. The van der Waals surface area contributed by atoms with E-state index in [1.807, 2.05) is 0 Å². The summed E-state index contributed by atoms with van der Waals surface area (Å²) in [6, 6.07) is 0. The number of hydrogen-bond donors (Lipinski definition) is 0. The molecule has 0 radical (unpaired) electrons. The maximum atomic E-state index is 4.77. The minimum atomic E-state index is 0.505. The van der Waals surface area contributed by atoms with Crippen LogP contribution in [0.5, 0.6) is 0 Å². The van der Waals surface area contributed by atoms with Gasteiger partial charge in [0.2, 0.25) is 11.7 Å². The second-order valence-corrected chi connectivity index (χ2v) is 2.71. The van der Waals surface area contributed by atoms with Crippen LogP contribution in [0.4, 0.5) is 0 Å². The van der Waals surface area contributed by atoms with Crippen molar-refractivity contribution in [3.63, 3.8) is 0 Å². The topological polar surface area (TPSA) is 64.7 Å². The maximum Gasteiger partial charge on any atom is 0.233 e. The van der Waals surface area contributed by atoms with E-state index >= 15 is 0 Å². The summed E-state index contributed by atoms with van der Waals surface area (Å²) >= 11 is 1.38. The summed E-state index contributed by atoms with van der Waals surface area (Å²) in [5, 5.41) is 11.8. The van der Waals surface area contributed by atoms with Crippen LogP contribution in [0.25, 0.3) is 10.8 Å². The molecule has 11 heavy (non-hydrogen) atoms. The second kappa shape index (κ2) is 2.39. The zero-order chi connectivity index (χ0) is 7.68. The van der Waals surface area contributed by atoms with Gasteiger partial charge in [0.25, 0.3) is 0 Å². The fourth-order valence-electron chi connectivity index (χ4n) is 0.657. The van der Waals surface area contributed by atoms with Crippen LogP contribution in [0.1, 0.15) is 5.89 Å². The summed E-state index contributed by atoms with van der Waals surface area (Å²) < 4.78 is 4.77. The molecule has 5 nitrogen and oxygen atoms in total. The lowest BCUT2D eigenvalue weighted by molar-refractivity contribution is 0.394. The lowest BCUT2D eigenvalue weighted by Crippen LogP contribution is -1.78. The summed E-state index contributed by atoms with van der Waals surface area (Å²) in [6.45, 7) is 1.73. The van der Waals surface area contributed by atoms with Gasteiger partial charge in [0.05, 0.1) is 0 Å². The van der Waals surface area contributed by atoms with Gasteiger partial charge < -0.3 is 4.52 Å². The maximum absolute atomic E-state index is 4.77. The number of aromatic nitrogens is 4. The van der Waals surface area contributed by atoms with Crippen LogP contribution in [0.3, 0.4) is 0 Å². The van der Waals surface area contributed by atoms with Crippen LogP contribution in [-0.2, 0) is 0 Å². The third-order valence-corrected chi connectivity index (χ3v) is 1.77.